The van der Waals surface area contributed by atoms with Gasteiger partial charge < -0.3 is 16.3 Å². The Morgan fingerprint density at radius 2 is 2.21 bits per heavy atom. The molecule has 2 aromatic rings. The number of rotatable bonds is 6. The number of carbonyl (C=O) groups excluding carboxylic acids is 1. The minimum Gasteiger partial charge on any atom is -0.618 e. The van der Waals surface area contributed by atoms with Gasteiger partial charge in [-0.2, -0.15) is 13.5 Å². The molecule has 0 aliphatic rings. The molecule has 0 bridgehead atoms. The van der Waals surface area contributed by atoms with Gasteiger partial charge in [0.1, 0.15) is 11.7 Å². The molecule has 0 aromatic carbocycles. The summed E-state index contributed by atoms with van der Waals surface area (Å²) in [7, 11) is 0. The Bertz CT molecular complexity index is 827. The second-order valence-electron chi connectivity index (χ2n) is 4.76. The lowest BCUT2D eigenvalue weighted by atomic mass is 10.2. The van der Waals surface area contributed by atoms with Crippen molar-refractivity contribution in [1.82, 2.24) is 9.55 Å². The van der Waals surface area contributed by atoms with Crippen LogP contribution in [0.2, 0.25) is 5.15 Å². The smallest absolute Gasteiger partial charge is 0.347 e. The van der Waals surface area contributed by atoms with Crippen molar-refractivity contribution < 1.29 is 18.3 Å². The summed E-state index contributed by atoms with van der Waals surface area (Å²) in [4.78, 5) is 26.6. The number of nitrogens with one attached hydrogen (secondary N) is 1. The zero-order valence-electron chi connectivity index (χ0n) is 12.1. The normalized spacial score (nSPS) is 11.3. The van der Waals surface area contributed by atoms with E-state index < -0.39 is 42.0 Å². The number of nitrogens with two attached hydrogens (primary N) is 1. The number of amides is 1. The lowest BCUT2D eigenvalue weighted by Gasteiger charge is -2.16. The van der Waals surface area contributed by atoms with E-state index >= 15 is 0 Å². The number of alkyl halides is 2. The minimum atomic E-state index is -3.56. The van der Waals surface area contributed by atoms with Gasteiger partial charge in [-0.05, 0) is 6.07 Å². The number of aromatic nitrogens is 3. The lowest BCUT2D eigenvalue weighted by molar-refractivity contribution is -0.624. The Labute approximate surface area is 139 Å². The molecule has 11 heteroatoms. The largest absolute Gasteiger partial charge is 0.618 e. The van der Waals surface area contributed by atoms with Crippen LogP contribution in [0.1, 0.15) is 5.69 Å². The van der Waals surface area contributed by atoms with Crippen LogP contribution < -0.4 is 21.3 Å². The first-order valence-corrected chi connectivity index (χ1v) is 6.94. The molecule has 2 heterocycles. The highest BCUT2D eigenvalue weighted by Crippen LogP contribution is 2.24. The average molecular weight is 360 g/mol. The first-order chi connectivity index (χ1) is 11.2. The van der Waals surface area contributed by atoms with Gasteiger partial charge >= 0.3 is 5.92 Å². The number of hydrogen-bond acceptors (Lipinski definition) is 5. The Kier molecular flexibility index (Phi) is 4.98. The molecule has 0 atom stereocenters. The van der Waals surface area contributed by atoms with Crippen LogP contribution in [0.3, 0.4) is 0 Å². The molecule has 0 aliphatic heterocycles. The van der Waals surface area contributed by atoms with Crippen LogP contribution in [0, 0.1) is 5.21 Å². The zero-order valence-corrected chi connectivity index (χ0v) is 12.8. The molecule has 0 spiro atoms. The van der Waals surface area contributed by atoms with Gasteiger partial charge in [-0.25, -0.2) is 4.98 Å². The van der Waals surface area contributed by atoms with E-state index in [2.05, 4.69) is 10.3 Å². The molecule has 8 nitrogen and oxygen atoms in total. The van der Waals surface area contributed by atoms with E-state index in [1.807, 2.05) is 0 Å². The number of pyridine rings is 1. The number of halogens is 3. The molecule has 0 unspecified atom stereocenters. The van der Waals surface area contributed by atoms with Gasteiger partial charge in [0.05, 0.1) is 12.7 Å². The second-order valence-corrected chi connectivity index (χ2v) is 5.14. The van der Waals surface area contributed by atoms with E-state index in [0.717, 1.165) is 23.0 Å². The molecular formula is C13H12ClF2N5O3. The highest BCUT2D eigenvalue weighted by atomic mass is 35.5. The summed E-state index contributed by atoms with van der Waals surface area (Å²) >= 11 is 5.72. The minimum absolute atomic E-state index is 0.0301. The summed E-state index contributed by atoms with van der Waals surface area (Å²) in [6.45, 7) is -1.58. The maximum absolute atomic E-state index is 14.1. The summed E-state index contributed by atoms with van der Waals surface area (Å²) in [6, 6.07) is 3.57. The molecular weight excluding hydrogens is 348 g/mol. The van der Waals surface area contributed by atoms with E-state index in [1.54, 1.807) is 0 Å². The first-order valence-electron chi connectivity index (χ1n) is 6.56. The van der Waals surface area contributed by atoms with E-state index in [9.17, 15) is 23.6 Å². The van der Waals surface area contributed by atoms with Crippen LogP contribution in [-0.4, -0.2) is 22.0 Å². The maximum Gasteiger partial charge on any atom is 0.347 e. The molecule has 0 aliphatic carbocycles. The van der Waals surface area contributed by atoms with Crippen LogP contribution >= 0.6 is 11.6 Å². The Hall–Kier alpha value is -2.75. The van der Waals surface area contributed by atoms with E-state index in [4.69, 9.17) is 17.3 Å². The molecule has 0 fully saturated rings. The molecule has 128 valence electrons. The fraction of sp³-hybridized carbons (Fsp3) is 0.231. The van der Waals surface area contributed by atoms with Gasteiger partial charge in [0.2, 0.25) is 5.91 Å². The highest BCUT2D eigenvalue weighted by molar-refractivity contribution is 6.29. The van der Waals surface area contributed by atoms with Crippen molar-refractivity contribution in [2.24, 2.45) is 5.73 Å². The zero-order chi connectivity index (χ0) is 17.9. The predicted octanol–water partition coefficient (Wildman–Crippen LogP) is 0.219. The van der Waals surface area contributed by atoms with Gasteiger partial charge in [0, 0.05) is 12.1 Å². The van der Waals surface area contributed by atoms with Crippen molar-refractivity contribution in [1.29, 1.82) is 0 Å². The second kappa shape index (κ2) is 6.79. The summed E-state index contributed by atoms with van der Waals surface area (Å²) < 4.78 is 29.0. The van der Waals surface area contributed by atoms with E-state index in [0.29, 0.717) is 0 Å². The molecule has 0 saturated carbocycles. The molecule has 2 rings (SSSR count). The van der Waals surface area contributed by atoms with Crippen molar-refractivity contribution in [3.8, 4) is 0 Å². The molecule has 0 saturated heterocycles. The van der Waals surface area contributed by atoms with Crippen LogP contribution in [-0.2, 0) is 17.3 Å². The van der Waals surface area contributed by atoms with Crippen LogP contribution in [0.5, 0.6) is 0 Å². The van der Waals surface area contributed by atoms with Crippen molar-refractivity contribution in [3.63, 3.8) is 0 Å². The first kappa shape index (κ1) is 17.6. The summed E-state index contributed by atoms with van der Waals surface area (Å²) in [6.07, 6.45) is 1.95. The third-order valence-electron chi connectivity index (χ3n) is 3.00. The number of primary amides is 1. The van der Waals surface area contributed by atoms with Crippen LogP contribution in [0.4, 0.5) is 14.6 Å². The lowest BCUT2D eigenvalue weighted by Crippen LogP contribution is -2.41. The van der Waals surface area contributed by atoms with Crippen molar-refractivity contribution in [2.45, 2.75) is 12.5 Å². The maximum atomic E-state index is 14.1. The summed E-state index contributed by atoms with van der Waals surface area (Å²) in [5.74, 6) is -4.85. The standard InChI is InChI=1S/C13H12ClF2N5O3/c14-9-5-18-11(12(23)20(9)6-10(17)22)19-7-13(15,16)8-3-1-2-4-21(8)24/h1-5H,6-7H2,(H2,17,22)(H,18,19). The molecule has 24 heavy (non-hydrogen) atoms. The monoisotopic (exact) mass is 359 g/mol. The number of hydrogen-bond donors (Lipinski definition) is 2. The Balaban J connectivity index is 2.25. The van der Waals surface area contributed by atoms with E-state index in [-0.39, 0.29) is 9.88 Å². The van der Waals surface area contributed by atoms with Crippen molar-refractivity contribution in [3.05, 3.63) is 57.0 Å². The van der Waals surface area contributed by atoms with Crippen LogP contribution in [0.15, 0.2) is 35.4 Å². The number of carbonyl (C=O) groups is 1. The van der Waals surface area contributed by atoms with Crippen molar-refractivity contribution >= 4 is 23.3 Å². The van der Waals surface area contributed by atoms with Gasteiger partial charge in [-0.3, -0.25) is 14.2 Å². The third kappa shape index (κ3) is 3.77. The van der Waals surface area contributed by atoms with Gasteiger partial charge in [-0.15, -0.1) is 0 Å². The molecule has 1 amide bonds. The van der Waals surface area contributed by atoms with Gasteiger partial charge in [0.15, 0.2) is 12.0 Å². The summed E-state index contributed by atoms with van der Waals surface area (Å²) in [5, 5.41) is 13.4. The predicted molar refractivity (Wildman–Crippen MR) is 80.5 cm³/mol. The molecule has 3 N–H and O–H groups in total. The molecule has 0 radical (unpaired) electrons. The fourth-order valence-corrected chi connectivity index (χ4v) is 2.07. The van der Waals surface area contributed by atoms with Gasteiger partial charge in [0.25, 0.3) is 11.3 Å². The van der Waals surface area contributed by atoms with Crippen molar-refractivity contribution in [2.75, 3.05) is 11.9 Å². The Morgan fingerprint density at radius 1 is 1.50 bits per heavy atom. The van der Waals surface area contributed by atoms with Crippen LogP contribution in [0.25, 0.3) is 0 Å². The Morgan fingerprint density at radius 3 is 2.83 bits per heavy atom. The quantitative estimate of drug-likeness (QED) is 0.565. The van der Waals surface area contributed by atoms with E-state index in [1.165, 1.54) is 12.1 Å². The van der Waals surface area contributed by atoms with Gasteiger partial charge in [-0.1, -0.05) is 11.6 Å². The highest BCUT2D eigenvalue weighted by Gasteiger charge is 2.39. The summed E-state index contributed by atoms with van der Waals surface area (Å²) in [5.41, 5.74) is 3.32. The molecule has 2 aromatic heterocycles. The fourth-order valence-electron chi connectivity index (χ4n) is 1.89. The number of nitrogens with zero attached hydrogens (tertiary/aromatic N) is 3. The average Bonchev–Trinajstić information content (AvgIpc) is 2.50. The topological polar surface area (TPSA) is 117 Å². The number of anilines is 1. The SMILES string of the molecule is NC(=O)Cn1c(Cl)cnc(NCC(F)(F)c2cccc[n+]2[O-])c1=O. The third-order valence-corrected chi connectivity index (χ3v) is 3.30.